The molecule has 2 aliphatic carbocycles. The van der Waals surface area contributed by atoms with E-state index in [4.69, 9.17) is 4.74 Å². The first-order valence-electron chi connectivity index (χ1n) is 9.25. The third kappa shape index (κ3) is 2.86. The lowest BCUT2D eigenvalue weighted by molar-refractivity contribution is -0.146. The van der Waals surface area contributed by atoms with Crippen molar-refractivity contribution in [1.29, 1.82) is 0 Å². The number of esters is 1. The summed E-state index contributed by atoms with van der Waals surface area (Å²) in [5, 5.41) is 0. The van der Waals surface area contributed by atoms with Crippen molar-refractivity contribution in [2.45, 2.75) is 45.1 Å². The molecule has 0 N–H and O–H groups in total. The third-order valence-electron chi connectivity index (χ3n) is 6.88. The standard InChI is InChI=1S/C19H29NO2S/c1-13-4-3-5-19(2)11-17-14(10-16(13)19)15(18(21)22-17)12-20-6-8-23-9-7-20/h14-17H,1,3-12H2,2H3. The van der Waals surface area contributed by atoms with Crippen LogP contribution < -0.4 is 0 Å². The highest BCUT2D eigenvalue weighted by atomic mass is 32.2. The summed E-state index contributed by atoms with van der Waals surface area (Å²) in [6, 6.07) is 0. The Balaban J connectivity index is 1.50. The second-order valence-corrected chi connectivity index (χ2v) is 9.54. The van der Waals surface area contributed by atoms with Crippen molar-refractivity contribution in [3.8, 4) is 0 Å². The lowest BCUT2D eigenvalue weighted by Gasteiger charge is -2.50. The Bertz CT molecular complexity index is 502. The highest BCUT2D eigenvalue weighted by Crippen LogP contribution is 2.56. The van der Waals surface area contributed by atoms with E-state index in [1.165, 1.54) is 36.3 Å². The van der Waals surface area contributed by atoms with E-state index in [0.717, 1.165) is 32.5 Å². The monoisotopic (exact) mass is 335 g/mol. The van der Waals surface area contributed by atoms with Gasteiger partial charge in [0, 0.05) is 37.1 Å². The SMILES string of the molecule is C=C1CCCC2(C)CC3OC(=O)C(CN4CCSCC4)C3CC12. The maximum absolute atomic E-state index is 12.5. The predicted molar refractivity (Wildman–Crippen MR) is 94.4 cm³/mol. The van der Waals surface area contributed by atoms with E-state index in [1.54, 1.807) is 0 Å². The second kappa shape index (κ2) is 6.11. The number of rotatable bonds is 2. The van der Waals surface area contributed by atoms with E-state index < -0.39 is 0 Å². The van der Waals surface area contributed by atoms with Gasteiger partial charge in [0.1, 0.15) is 6.10 Å². The number of nitrogens with zero attached hydrogens (tertiary/aromatic N) is 1. The fourth-order valence-electron chi connectivity index (χ4n) is 5.53. The van der Waals surface area contributed by atoms with E-state index in [-0.39, 0.29) is 18.0 Å². The van der Waals surface area contributed by atoms with E-state index in [9.17, 15) is 4.79 Å². The number of hydrogen-bond acceptors (Lipinski definition) is 4. The topological polar surface area (TPSA) is 29.5 Å². The van der Waals surface area contributed by atoms with Crippen LogP contribution in [-0.4, -0.2) is 48.1 Å². The van der Waals surface area contributed by atoms with Crippen LogP contribution in [-0.2, 0) is 9.53 Å². The highest BCUT2D eigenvalue weighted by Gasteiger charge is 2.55. The predicted octanol–water partition coefficient (Wildman–Crippen LogP) is 3.35. The molecule has 4 rings (SSSR count). The first kappa shape index (κ1) is 16.0. The van der Waals surface area contributed by atoms with Gasteiger partial charge in [-0.15, -0.1) is 0 Å². The molecule has 0 bridgehead atoms. The Hall–Kier alpha value is -0.480. The molecule has 0 aromatic carbocycles. The van der Waals surface area contributed by atoms with E-state index in [1.807, 2.05) is 11.8 Å². The first-order chi connectivity index (χ1) is 11.1. The molecule has 23 heavy (non-hydrogen) atoms. The maximum Gasteiger partial charge on any atom is 0.310 e. The molecule has 5 atom stereocenters. The molecule has 128 valence electrons. The molecular weight excluding hydrogens is 306 g/mol. The Labute approximate surface area is 144 Å². The molecule has 4 heteroatoms. The van der Waals surface area contributed by atoms with Gasteiger partial charge >= 0.3 is 5.97 Å². The van der Waals surface area contributed by atoms with Crippen molar-refractivity contribution in [2.24, 2.45) is 23.2 Å². The van der Waals surface area contributed by atoms with Gasteiger partial charge in [0.15, 0.2) is 0 Å². The number of carbonyl (C=O) groups is 1. The Morgan fingerprint density at radius 2 is 2.17 bits per heavy atom. The number of fused-ring (bicyclic) bond motifs is 2. The highest BCUT2D eigenvalue weighted by molar-refractivity contribution is 7.99. The Morgan fingerprint density at radius 3 is 2.96 bits per heavy atom. The van der Waals surface area contributed by atoms with Gasteiger partial charge in [-0.2, -0.15) is 11.8 Å². The molecule has 5 unspecified atom stereocenters. The third-order valence-corrected chi connectivity index (χ3v) is 7.82. The summed E-state index contributed by atoms with van der Waals surface area (Å²) in [5.74, 6) is 3.60. The van der Waals surface area contributed by atoms with Crippen molar-refractivity contribution in [3.05, 3.63) is 12.2 Å². The van der Waals surface area contributed by atoms with Gasteiger partial charge in [-0.05, 0) is 43.4 Å². The minimum atomic E-state index is 0.0751. The molecule has 2 aliphatic heterocycles. The first-order valence-corrected chi connectivity index (χ1v) is 10.4. The van der Waals surface area contributed by atoms with Gasteiger partial charge in [0.2, 0.25) is 0 Å². The molecule has 0 aromatic rings. The summed E-state index contributed by atoms with van der Waals surface area (Å²) < 4.78 is 5.87. The van der Waals surface area contributed by atoms with Gasteiger partial charge in [-0.25, -0.2) is 0 Å². The molecule has 4 fully saturated rings. The quantitative estimate of drug-likeness (QED) is 0.572. The summed E-state index contributed by atoms with van der Waals surface area (Å²) in [6.45, 7) is 9.95. The van der Waals surface area contributed by atoms with Crippen LogP contribution in [0.15, 0.2) is 12.2 Å². The molecular formula is C19H29NO2S. The van der Waals surface area contributed by atoms with E-state index in [2.05, 4.69) is 18.4 Å². The minimum Gasteiger partial charge on any atom is -0.462 e. The van der Waals surface area contributed by atoms with Gasteiger partial charge in [0.05, 0.1) is 5.92 Å². The van der Waals surface area contributed by atoms with Gasteiger partial charge in [-0.3, -0.25) is 4.79 Å². The van der Waals surface area contributed by atoms with Crippen molar-refractivity contribution in [1.82, 2.24) is 4.90 Å². The molecule has 2 saturated carbocycles. The van der Waals surface area contributed by atoms with Crippen molar-refractivity contribution >= 4 is 17.7 Å². The van der Waals surface area contributed by atoms with Crippen LogP contribution in [0.4, 0.5) is 0 Å². The lowest BCUT2D eigenvalue weighted by atomic mass is 9.55. The van der Waals surface area contributed by atoms with Gasteiger partial charge in [0.25, 0.3) is 0 Å². The van der Waals surface area contributed by atoms with Crippen LogP contribution in [0.5, 0.6) is 0 Å². The van der Waals surface area contributed by atoms with E-state index in [0.29, 0.717) is 17.3 Å². The van der Waals surface area contributed by atoms with Crippen molar-refractivity contribution < 1.29 is 9.53 Å². The zero-order valence-electron chi connectivity index (χ0n) is 14.3. The number of carbonyl (C=O) groups excluding carboxylic acids is 1. The molecule has 4 aliphatic rings. The minimum absolute atomic E-state index is 0.0751. The normalized spacial score (nSPS) is 44.6. The molecule has 2 saturated heterocycles. The average Bonchev–Trinajstić information content (AvgIpc) is 2.81. The zero-order chi connectivity index (χ0) is 16.0. The van der Waals surface area contributed by atoms with Gasteiger partial charge < -0.3 is 9.64 Å². The van der Waals surface area contributed by atoms with Crippen LogP contribution in [0.2, 0.25) is 0 Å². The van der Waals surface area contributed by atoms with Crippen molar-refractivity contribution in [2.75, 3.05) is 31.1 Å². The summed E-state index contributed by atoms with van der Waals surface area (Å²) in [6.07, 6.45) is 6.05. The van der Waals surface area contributed by atoms with Crippen LogP contribution in [0, 0.1) is 23.2 Å². The second-order valence-electron chi connectivity index (χ2n) is 8.32. The van der Waals surface area contributed by atoms with Crippen LogP contribution >= 0.6 is 11.8 Å². The average molecular weight is 336 g/mol. The van der Waals surface area contributed by atoms with Crippen LogP contribution in [0.1, 0.15) is 39.0 Å². The molecule has 0 aromatic heterocycles. The smallest absolute Gasteiger partial charge is 0.310 e. The number of ether oxygens (including phenoxy) is 1. The summed E-state index contributed by atoms with van der Waals surface area (Å²) >= 11 is 2.03. The summed E-state index contributed by atoms with van der Waals surface area (Å²) in [7, 11) is 0. The molecule has 0 spiro atoms. The molecule has 0 radical (unpaired) electrons. The van der Waals surface area contributed by atoms with Gasteiger partial charge in [-0.1, -0.05) is 19.1 Å². The molecule has 0 amide bonds. The van der Waals surface area contributed by atoms with Crippen molar-refractivity contribution in [3.63, 3.8) is 0 Å². The molecule has 3 nitrogen and oxygen atoms in total. The van der Waals surface area contributed by atoms with E-state index >= 15 is 0 Å². The fourth-order valence-corrected chi connectivity index (χ4v) is 6.51. The lowest BCUT2D eigenvalue weighted by Crippen LogP contribution is -2.46. The number of allylic oxidation sites excluding steroid dienone is 1. The fraction of sp³-hybridized carbons (Fsp3) is 0.842. The number of thioether (sulfide) groups is 1. The van der Waals surface area contributed by atoms with Crippen LogP contribution in [0.25, 0.3) is 0 Å². The zero-order valence-corrected chi connectivity index (χ0v) is 15.1. The Morgan fingerprint density at radius 1 is 1.39 bits per heavy atom. The molecule has 2 heterocycles. The number of hydrogen-bond donors (Lipinski definition) is 0. The largest absolute Gasteiger partial charge is 0.462 e. The summed E-state index contributed by atoms with van der Waals surface area (Å²) in [5.41, 5.74) is 1.75. The van der Waals surface area contributed by atoms with Crippen LogP contribution in [0.3, 0.4) is 0 Å². The maximum atomic E-state index is 12.5. The summed E-state index contributed by atoms with van der Waals surface area (Å²) in [4.78, 5) is 15.0. The Kier molecular flexibility index (Phi) is 4.25.